The predicted molar refractivity (Wildman–Crippen MR) is 27.3 cm³/mol. The number of ether oxygens (including phenoxy) is 1. The maximum Gasteiger partial charge on any atom is 0.108 e. The minimum absolute atomic E-state index is 0.178. The van der Waals surface area contributed by atoms with E-state index in [4.69, 9.17) is 4.74 Å². The van der Waals surface area contributed by atoms with Crippen LogP contribution in [0.3, 0.4) is 0 Å². The smallest absolute Gasteiger partial charge is 0.108 e. The molecule has 1 heterocycles. The molecule has 1 aliphatic heterocycles. The Labute approximate surface area is 48.5 Å². The third-order valence-electron chi connectivity index (χ3n) is 0.955. The van der Waals surface area contributed by atoms with E-state index in [1.807, 2.05) is 6.92 Å². The van der Waals surface area contributed by atoms with E-state index in [2.05, 4.69) is 9.78 Å². The van der Waals surface area contributed by atoms with Crippen molar-refractivity contribution in [1.29, 1.82) is 0 Å². The van der Waals surface area contributed by atoms with Crippen LogP contribution in [0, 0.1) is 0 Å². The van der Waals surface area contributed by atoms with Gasteiger partial charge in [-0.1, -0.05) is 0 Å². The lowest BCUT2D eigenvalue weighted by Crippen LogP contribution is -2.11. The third-order valence-corrected chi connectivity index (χ3v) is 0.955. The largest absolute Gasteiger partial charge is 0.373 e. The van der Waals surface area contributed by atoms with Crippen molar-refractivity contribution in [2.24, 2.45) is 0 Å². The fourth-order valence-corrected chi connectivity index (χ4v) is 0.534. The van der Waals surface area contributed by atoms with Gasteiger partial charge in [-0.3, -0.25) is 0 Å². The highest BCUT2D eigenvalue weighted by atomic mass is 17.2. The van der Waals surface area contributed by atoms with Crippen molar-refractivity contribution < 1.29 is 14.5 Å². The highest BCUT2D eigenvalue weighted by Crippen LogP contribution is 1.96. The molecule has 0 aromatic heterocycles. The number of hydrogen-bond donors (Lipinski definition) is 0. The highest BCUT2D eigenvalue weighted by molar-refractivity contribution is 4.46. The topological polar surface area (TPSA) is 27.7 Å². The molecule has 0 N–H and O–H groups in total. The van der Waals surface area contributed by atoms with Crippen LogP contribution in [0.5, 0.6) is 0 Å². The molecular weight excluding hydrogens is 108 g/mol. The zero-order valence-electron chi connectivity index (χ0n) is 4.92. The summed E-state index contributed by atoms with van der Waals surface area (Å²) in [7, 11) is 0. The quantitative estimate of drug-likeness (QED) is 0.430. The summed E-state index contributed by atoms with van der Waals surface area (Å²) in [5.74, 6) is 0. The predicted octanol–water partition coefficient (Wildman–Crippen LogP) is 0.353. The molecule has 0 saturated carbocycles. The first-order chi connectivity index (χ1) is 3.89. The molecular formula is C5H10O3. The Kier molecular flexibility index (Phi) is 2.27. The second-order valence-corrected chi connectivity index (χ2v) is 1.79. The number of hydrogen-bond acceptors (Lipinski definition) is 3. The SMILES string of the molecule is CC1COOCCO1. The van der Waals surface area contributed by atoms with Gasteiger partial charge in [-0.2, -0.15) is 0 Å². The first-order valence-corrected chi connectivity index (χ1v) is 2.75. The van der Waals surface area contributed by atoms with Gasteiger partial charge in [0.25, 0.3) is 0 Å². The van der Waals surface area contributed by atoms with Crippen molar-refractivity contribution in [2.45, 2.75) is 13.0 Å². The molecule has 3 heteroatoms. The van der Waals surface area contributed by atoms with Gasteiger partial charge < -0.3 is 4.74 Å². The molecule has 1 aliphatic rings. The summed E-state index contributed by atoms with van der Waals surface area (Å²) < 4.78 is 5.15. The van der Waals surface area contributed by atoms with Crippen molar-refractivity contribution in [1.82, 2.24) is 0 Å². The zero-order chi connectivity index (χ0) is 5.82. The van der Waals surface area contributed by atoms with Gasteiger partial charge in [-0.25, -0.2) is 9.78 Å². The van der Waals surface area contributed by atoms with E-state index in [1.165, 1.54) is 0 Å². The van der Waals surface area contributed by atoms with Crippen molar-refractivity contribution >= 4 is 0 Å². The maximum atomic E-state index is 5.15. The van der Waals surface area contributed by atoms with Crippen LogP contribution in [0.4, 0.5) is 0 Å². The lowest BCUT2D eigenvalue weighted by molar-refractivity contribution is -0.287. The van der Waals surface area contributed by atoms with Gasteiger partial charge in [0.05, 0.1) is 12.7 Å². The van der Waals surface area contributed by atoms with Crippen LogP contribution in [0.15, 0.2) is 0 Å². The van der Waals surface area contributed by atoms with Crippen LogP contribution in [-0.4, -0.2) is 25.9 Å². The Morgan fingerprint density at radius 1 is 1.25 bits per heavy atom. The standard InChI is InChI=1S/C5H10O3/c1-5-4-8-7-3-2-6-5/h5H,2-4H2,1H3. The second kappa shape index (κ2) is 3.02. The Hall–Kier alpha value is -0.120. The molecule has 1 rings (SSSR count). The van der Waals surface area contributed by atoms with Crippen LogP contribution in [0.1, 0.15) is 6.92 Å². The monoisotopic (exact) mass is 118 g/mol. The second-order valence-electron chi connectivity index (χ2n) is 1.79. The molecule has 0 spiro atoms. The fraction of sp³-hybridized carbons (Fsp3) is 1.00. The molecule has 1 saturated heterocycles. The highest BCUT2D eigenvalue weighted by Gasteiger charge is 2.06. The van der Waals surface area contributed by atoms with Crippen molar-refractivity contribution in [3.63, 3.8) is 0 Å². The number of rotatable bonds is 0. The Balaban J connectivity index is 2.17. The molecule has 1 fully saturated rings. The van der Waals surface area contributed by atoms with E-state index in [0.717, 1.165) is 0 Å². The lowest BCUT2D eigenvalue weighted by atomic mass is 10.4. The van der Waals surface area contributed by atoms with Gasteiger partial charge in [-0.15, -0.1) is 0 Å². The third kappa shape index (κ3) is 1.78. The fourth-order valence-electron chi connectivity index (χ4n) is 0.534. The van der Waals surface area contributed by atoms with E-state index in [-0.39, 0.29) is 6.10 Å². The molecule has 48 valence electrons. The zero-order valence-corrected chi connectivity index (χ0v) is 4.92. The summed E-state index contributed by atoms with van der Waals surface area (Å²) in [4.78, 5) is 9.32. The van der Waals surface area contributed by atoms with E-state index >= 15 is 0 Å². The summed E-state index contributed by atoms with van der Waals surface area (Å²) in [6.45, 7) is 3.68. The van der Waals surface area contributed by atoms with Gasteiger partial charge in [0.15, 0.2) is 0 Å². The Morgan fingerprint density at radius 3 is 3.00 bits per heavy atom. The van der Waals surface area contributed by atoms with Gasteiger partial charge in [0.2, 0.25) is 0 Å². The lowest BCUT2D eigenvalue weighted by Gasteiger charge is -2.03. The molecule has 0 aromatic carbocycles. The van der Waals surface area contributed by atoms with Crippen molar-refractivity contribution in [3.8, 4) is 0 Å². The normalized spacial score (nSPS) is 31.9. The summed E-state index contributed by atoms with van der Waals surface area (Å²) in [6.07, 6.45) is 0.178. The average molecular weight is 118 g/mol. The molecule has 0 bridgehead atoms. The summed E-state index contributed by atoms with van der Waals surface area (Å²) >= 11 is 0. The molecule has 1 unspecified atom stereocenters. The molecule has 3 nitrogen and oxygen atoms in total. The average Bonchev–Trinajstić information content (AvgIpc) is 1.94. The molecule has 8 heavy (non-hydrogen) atoms. The van der Waals surface area contributed by atoms with Gasteiger partial charge in [-0.05, 0) is 6.92 Å². The maximum absolute atomic E-state index is 5.15. The van der Waals surface area contributed by atoms with Crippen molar-refractivity contribution in [3.05, 3.63) is 0 Å². The summed E-state index contributed by atoms with van der Waals surface area (Å²) in [5, 5.41) is 0. The minimum Gasteiger partial charge on any atom is -0.373 e. The minimum atomic E-state index is 0.178. The Morgan fingerprint density at radius 2 is 2.12 bits per heavy atom. The van der Waals surface area contributed by atoms with Crippen LogP contribution < -0.4 is 0 Å². The Bertz CT molecular complexity index is 56.7. The molecule has 0 amide bonds. The van der Waals surface area contributed by atoms with Crippen LogP contribution in [-0.2, 0) is 14.5 Å². The van der Waals surface area contributed by atoms with E-state index in [1.54, 1.807) is 0 Å². The van der Waals surface area contributed by atoms with Crippen LogP contribution >= 0.6 is 0 Å². The first-order valence-electron chi connectivity index (χ1n) is 2.75. The van der Waals surface area contributed by atoms with E-state index < -0.39 is 0 Å². The molecule has 0 radical (unpaired) electrons. The van der Waals surface area contributed by atoms with Gasteiger partial charge >= 0.3 is 0 Å². The summed E-state index contributed by atoms with van der Waals surface area (Å²) in [6, 6.07) is 0. The van der Waals surface area contributed by atoms with Gasteiger partial charge in [0, 0.05) is 0 Å². The molecule has 0 aromatic rings. The van der Waals surface area contributed by atoms with Gasteiger partial charge in [0.1, 0.15) is 13.2 Å². The van der Waals surface area contributed by atoms with Crippen LogP contribution in [0.25, 0.3) is 0 Å². The molecule has 1 atom stereocenters. The van der Waals surface area contributed by atoms with E-state index in [0.29, 0.717) is 19.8 Å². The van der Waals surface area contributed by atoms with Crippen LogP contribution in [0.2, 0.25) is 0 Å². The first kappa shape index (κ1) is 6.01. The van der Waals surface area contributed by atoms with E-state index in [9.17, 15) is 0 Å². The molecule has 0 aliphatic carbocycles. The van der Waals surface area contributed by atoms with Crippen molar-refractivity contribution in [2.75, 3.05) is 19.8 Å². The summed E-state index contributed by atoms with van der Waals surface area (Å²) in [5.41, 5.74) is 0.